The number of carbonyl (C=O) groups excluding carboxylic acids is 7. The van der Waals surface area contributed by atoms with Crippen LogP contribution in [0.25, 0.3) is 0 Å². The van der Waals surface area contributed by atoms with Gasteiger partial charge in [-0.3, -0.25) is 9.59 Å². The molecule has 132 heavy (non-hydrogen) atoms. The maximum atomic E-state index is 13.7. The third kappa shape index (κ3) is 37.9. The second-order valence-corrected chi connectivity index (χ2v) is 29.9. The van der Waals surface area contributed by atoms with Crippen molar-refractivity contribution in [1.82, 2.24) is 0 Å². The molecule has 0 spiro atoms. The monoisotopic (exact) mass is 1890 g/mol. The molecule has 5 aromatic rings. The van der Waals surface area contributed by atoms with Crippen molar-refractivity contribution < 1.29 is 204 Å². The Hall–Kier alpha value is -8.69. The van der Waals surface area contributed by atoms with E-state index in [1.807, 2.05) is 12.1 Å². The minimum Gasteiger partial charge on any atom is -0.459 e. The van der Waals surface area contributed by atoms with Gasteiger partial charge in [0.25, 0.3) is 23.7 Å². The molecule has 6 radical (unpaired) electrons. The summed E-state index contributed by atoms with van der Waals surface area (Å²) in [5.41, 5.74) is 1.81. The van der Waals surface area contributed by atoms with Gasteiger partial charge in [0.15, 0.2) is 61.6 Å². The Kier molecular flexibility index (Phi) is 47.5. The number of Topliss-reactive ketones (excluding diaryl/α,β-unsaturated/α-hetero) is 1. The number of benzene rings is 5. The van der Waals surface area contributed by atoms with E-state index >= 15 is 0 Å². The fourth-order valence-electron chi connectivity index (χ4n) is 12.5. The molecule has 34 nitrogen and oxygen atoms in total. The number of ketones is 1. The predicted octanol–water partition coefficient (Wildman–Crippen LogP) is 5.34. The molecular weight excluding hydrogens is 1780 g/mol. The van der Waals surface area contributed by atoms with Gasteiger partial charge in [-0.05, 0) is 67.1 Å². The molecule has 726 valence electrons. The molecule has 0 saturated carbocycles. The highest BCUT2D eigenvalue weighted by molar-refractivity contribution is 6.11. The number of halogens is 9. The summed E-state index contributed by atoms with van der Waals surface area (Å²) in [6.45, 7) is -1.67. The average molecular weight is 1890 g/mol. The lowest BCUT2D eigenvalue weighted by molar-refractivity contribution is -0.193. The van der Waals surface area contributed by atoms with Gasteiger partial charge in [-0.1, -0.05) is 91.0 Å². The number of carbonyl (C=O) groups is 7. The molecule has 46 heteroatoms. The number of aliphatic hydroxyl groups is 8. The summed E-state index contributed by atoms with van der Waals surface area (Å²) < 4.78 is 211. The molecular formula is C86H106B3F9O34. The molecule has 22 atom stereocenters. The summed E-state index contributed by atoms with van der Waals surface area (Å²) in [5.74, 6) is -16.0. The third-order valence-electron chi connectivity index (χ3n) is 19.8. The first-order valence-corrected chi connectivity index (χ1v) is 41.0. The smallest absolute Gasteiger partial charge is 0.338 e. The van der Waals surface area contributed by atoms with E-state index in [2.05, 4.69) is 14.2 Å². The van der Waals surface area contributed by atoms with Crippen LogP contribution >= 0.6 is 0 Å². The van der Waals surface area contributed by atoms with Crippen LogP contribution < -0.4 is 0 Å². The second-order valence-electron chi connectivity index (χ2n) is 29.9. The molecule has 0 aliphatic carbocycles. The van der Waals surface area contributed by atoms with E-state index in [1.54, 1.807) is 127 Å². The SMILES string of the molecule is CC(=O)OC1CC(F)(F)C(COC(=O)c2ccccc2)O1.COC1CC(=O)C(COC(=O)c2ccccc2)O1.COC1CC(F)(F)C(COC(=O)c2ccccc2)O1.COC1CC(O)C(CO)O1.COC1CC(O)C(COC(=O)c2ccccc2)O1.OC1CC(O)C(O)CO1.[B]C1CC(F)(F)C(CO)O1.[B]C1CC(F)(F)C(COC(=O)c2ccccc2)O1.[B]C1CC(F)C(CO)O1. The van der Waals surface area contributed by atoms with E-state index in [-0.39, 0.29) is 69.9 Å². The molecule has 0 bridgehead atoms. The van der Waals surface area contributed by atoms with Crippen LogP contribution in [0.15, 0.2) is 152 Å². The van der Waals surface area contributed by atoms with Crippen molar-refractivity contribution in [2.45, 2.75) is 224 Å². The molecule has 9 saturated heterocycles. The minimum atomic E-state index is -3.23. The first-order valence-electron chi connectivity index (χ1n) is 41.0. The average Bonchev–Trinajstić information content (AvgIpc) is 1.72. The highest BCUT2D eigenvalue weighted by atomic mass is 19.3. The van der Waals surface area contributed by atoms with Crippen LogP contribution in [0.4, 0.5) is 39.5 Å². The molecule has 9 aliphatic rings. The zero-order valence-corrected chi connectivity index (χ0v) is 72.2. The Morgan fingerprint density at radius 1 is 0.371 bits per heavy atom. The van der Waals surface area contributed by atoms with Crippen molar-refractivity contribution >= 4 is 65.1 Å². The van der Waals surface area contributed by atoms with Crippen molar-refractivity contribution in [2.24, 2.45) is 0 Å². The normalized spacial score (nSPS) is 29.8. The van der Waals surface area contributed by atoms with Gasteiger partial charge >= 0.3 is 35.8 Å². The van der Waals surface area contributed by atoms with Crippen LogP contribution in [0, 0.1) is 0 Å². The lowest BCUT2D eigenvalue weighted by Gasteiger charge is -2.26. The molecule has 5 aromatic carbocycles. The molecule has 14 rings (SSSR count). The Morgan fingerprint density at radius 2 is 0.720 bits per heavy atom. The summed E-state index contributed by atoms with van der Waals surface area (Å²) >= 11 is 0. The van der Waals surface area contributed by atoms with Gasteiger partial charge < -0.3 is 131 Å². The van der Waals surface area contributed by atoms with Gasteiger partial charge in [-0.2, -0.15) is 0 Å². The van der Waals surface area contributed by atoms with Crippen LogP contribution in [0.5, 0.6) is 0 Å². The molecule has 22 unspecified atom stereocenters. The van der Waals surface area contributed by atoms with Crippen LogP contribution in [0.3, 0.4) is 0 Å². The Bertz CT molecular complexity index is 4210. The number of esters is 6. The molecule has 9 heterocycles. The third-order valence-corrected chi connectivity index (χ3v) is 19.8. The van der Waals surface area contributed by atoms with Crippen LogP contribution in [-0.2, 0) is 99.6 Å². The van der Waals surface area contributed by atoms with Crippen molar-refractivity contribution in [3.8, 4) is 0 Å². The first kappa shape index (κ1) is 112. The summed E-state index contributed by atoms with van der Waals surface area (Å²) in [4.78, 5) is 80.4. The highest BCUT2D eigenvalue weighted by Gasteiger charge is 2.54. The van der Waals surface area contributed by atoms with Gasteiger partial charge in [0.1, 0.15) is 93.3 Å². The topological polar surface area (TPSA) is 457 Å². The quantitative estimate of drug-likeness (QED) is 0.0177. The highest BCUT2D eigenvalue weighted by Crippen LogP contribution is 2.40. The van der Waals surface area contributed by atoms with Crippen LogP contribution in [0.2, 0.25) is 0 Å². The number of rotatable bonds is 23. The summed E-state index contributed by atoms with van der Waals surface area (Å²) in [6.07, 6.45) is -17.9. The Balaban J connectivity index is 0.000000232. The number of methoxy groups -OCH3 is 4. The van der Waals surface area contributed by atoms with Gasteiger partial charge in [0.2, 0.25) is 6.29 Å². The Morgan fingerprint density at radius 3 is 1.02 bits per heavy atom. The summed E-state index contributed by atoms with van der Waals surface area (Å²) in [5, 5.41) is 70.6. The number of hydrogen-bond donors (Lipinski definition) is 8. The van der Waals surface area contributed by atoms with Crippen LogP contribution in [-0.4, -0.2) is 353 Å². The molecule has 9 fully saturated rings. The van der Waals surface area contributed by atoms with Crippen molar-refractivity contribution in [3.05, 3.63) is 179 Å². The van der Waals surface area contributed by atoms with Crippen LogP contribution in [0.1, 0.15) is 117 Å². The van der Waals surface area contributed by atoms with Gasteiger partial charge in [0.05, 0.1) is 91.8 Å². The summed E-state index contributed by atoms with van der Waals surface area (Å²) in [7, 11) is 21.3. The van der Waals surface area contributed by atoms with E-state index in [9.17, 15) is 78.2 Å². The Labute approximate surface area is 757 Å². The fraction of sp³-hybridized carbons (Fsp3) is 0.570. The minimum absolute atomic E-state index is 0.0162. The number of hydrogen-bond acceptors (Lipinski definition) is 34. The number of ether oxygens (including phenoxy) is 19. The van der Waals surface area contributed by atoms with Gasteiger partial charge in [-0.25, -0.2) is 63.5 Å². The second kappa shape index (κ2) is 56.0. The molecule has 0 aromatic heterocycles. The zero-order valence-electron chi connectivity index (χ0n) is 72.2. The van der Waals surface area contributed by atoms with E-state index in [4.69, 9.17) is 135 Å². The molecule has 8 N–H and O–H groups in total. The number of alkyl halides is 9. The molecule has 9 aliphatic heterocycles. The lowest BCUT2D eigenvalue weighted by Crippen LogP contribution is -2.40. The lowest BCUT2D eigenvalue weighted by atomic mass is 9.96. The van der Waals surface area contributed by atoms with E-state index in [1.165, 1.54) is 40.6 Å². The van der Waals surface area contributed by atoms with E-state index in [0.29, 0.717) is 35.1 Å². The van der Waals surface area contributed by atoms with E-state index in [0.717, 1.165) is 6.92 Å². The fourth-order valence-corrected chi connectivity index (χ4v) is 12.5. The largest absolute Gasteiger partial charge is 0.459 e. The van der Waals surface area contributed by atoms with E-state index < -0.39 is 240 Å². The predicted molar refractivity (Wildman–Crippen MR) is 438 cm³/mol. The van der Waals surface area contributed by atoms with Crippen molar-refractivity contribution in [3.63, 3.8) is 0 Å². The molecule has 0 amide bonds. The number of aliphatic hydroxyl groups excluding tert-OH is 8. The zero-order chi connectivity index (χ0) is 97.5. The maximum absolute atomic E-state index is 13.7. The van der Waals surface area contributed by atoms with Gasteiger partial charge in [-0.15, -0.1) is 0 Å². The van der Waals surface area contributed by atoms with Crippen molar-refractivity contribution in [2.75, 3.05) is 87.9 Å². The summed E-state index contributed by atoms with van der Waals surface area (Å²) in [6, 6.07) is 39.1. The van der Waals surface area contributed by atoms with Gasteiger partial charge in [0, 0.05) is 85.5 Å². The van der Waals surface area contributed by atoms with Crippen molar-refractivity contribution in [1.29, 1.82) is 0 Å². The standard InChI is InChI=1S/C14H14F2O5.C13H14F2O4.C13H16O5.C13H14O5.C12H11BF2O3.C6H12O4.C5H7BF2O2.C5H8BFO2.C5H10O4/c1-9(17)20-12-7-14(15,16)11(21-12)8-19-13(18)10-5-3-2-4-6-10;1-17-11-7-13(14,15)10(19-11)8-18-12(16)9-5-3-2-4-6-9;2*1-16-12-7-10(14)11(18-12)8-17-13(15)9-5-3-2-4-6-9;13-10-6-12(14,15)9(18-10)7-17-11(16)8-4-2-1-3-5-8;1-9-6-2-4(8)5(3-7)10-6;6-4-1-5(7,8)3(2-9)10-4;6-5-1-3(7)4(2-8)9-5;6-3-1-5(8)9-2-4(3)7/h2-6,11-12H,7-8H2,1H3;2-6,10-11H,7-8H2,1H3;2-6,10-12,14H,7-8H2,1H3;2-6,11-12H,7-8H2,1H3;1-5,9-10H,6-7H2;4-8H,2-3H2,1H3;3-4,9H,1-2H2;3-5,8H,1-2H2;3-8H,1-2H2. The maximum Gasteiger partial charge on any atom is 0.338 e. The first-order chi connectivity index (χ1) is 62.6.